The van der Waals surface area contributed by atoms with Crippen LogP contribution in [0.25, 0.3) is 0 Å². The average Bonchev–Trinajstić information content (AvgIpc) is 3.26. The van der Waals surface area contributed by atoms with E-state index < -0.39 is 47.4 Å². The normalized spacial score (nSPS) is 42.8. The van der Waals surface area contributed by atoms with Gasteiger partial charge in [0, 0.05) is 13.0 Å². The summed E-state index contributed by atoms with van der Waals surface area (Å²) in [4.78, 5) is 12.5. The van der Waals surface area contributed by atoms with Crippen molar-refractivity contribution in [1.82, 2.24) is 5.32 Å². The van der Waals surface area contributed by atoms with Crippen LogP contribution in [-0.4, -0.2) is 89.8 Å². The Morgan fingerprint density at radius 3 is 2.50 bits per heavy atom. The fourth-order valence-corrected chi connectivity index (χ4v) is 10.2. The van der Waals surface area contributed by atoms with Crippen LogP contribution >= 0.6 is 0 Å². The summed E-state index contributed by atoms with van der Waals surface area (Å²) in [7, 11) is -3.93. The smallest absolute Gasteiger partial charge is 0.269 e. The van der Waals surface area contributed by atoms with E-state index in [0.717, 1.165) is 38.5 Å². The van der Waals surface area contributed by atoms with Crippen molar-refractivity contribution in [3.8, 4) is 0 Å². The summed E-state index contributed by atoms with van der Waals surface area (Å²) < 4.78 is 28.4. The number of hydrogen-bond acceptors (Lipinski definition) is 9. The first kappa shape index (κ1) is 32.1. The first-order valence-electron chi connectivity index (χ1n) is 15.2. The van der Waals surface area contributed by atoms with Crippen molar-refractivity contribution >= 4 is 16.0 Å². The minimum absolute atomic E-state index is 0.0321. The number of aliphatic hydroxyl groups is 5. The Kier molecular flexibility index (Phi) is 9.97. The Hall–Kier alpha value is -0.820. The lowest BCUT2D eigenvalue weighted by Gasteiger charge is -2.63. The topological polar surface area (TPSA) is 174 Å². The van der Waals surface area contributed by atoms with Crippen LogP contribution in [0.4, 0.5) is 0 Å². The second kappa shape index (κ2) is 12.4. The molecule has 0 heterocycles. The number of carbonyl (C=O) groups is 1. The Bertz CT molecular complexity index is 994. The van der Waals surface area contributed by atoms with Crippen molar-refractivity contribution in [3.63, 3.8) is 0 Å². The maximum Gasteiger partial charge on any atom is 0.269 e. The fraction of sp³-hybridized carbons (Fsp3) is 0.966. The number of carbonyl (C=O) groups excluding carboxylic acids is 1. The number of amides is 1. The zero-order valence-corrected chi connectivity index (χ0v) is 25.1. The van der Waals surface area contributed by atoms with E-state index in [-0.39, 0.29) is 71.3 Å². The molecular formula is C29H51NO9S. The van der Waals surface area contributed by atoms with Crippen LogP contribution in [-0.2, 0) is 19.1 Å². The molecule has 232 valence electrons. The van der Waals surface area contributed by atoms with Crippen LogP contribution < -0.4 is 5.32 Å². The molecule has 0 aromatic carbocycles. The molecule has 10 nitrogen and oxygen atoms in total. The van der Waals surface area contributed by atoms with E-state index >= 15 is 0 Å². The van der Waals surface area contributed by atoms with E-state index in [9.17, 15) is 33.6 Å². The van der Waals surface area contributed by atoms with Gasteiger partial charge in [0.25, 0.3) is 10.1 Å². The largest absolute Gasteiger partial charge is 0.394 e. The highest BCUT2D eigenvalue weighted by molar-refractivity contribution is 7.86. The summed E-state index contributed by atoms with van der Waals surface area (Å²) in [5.41, 5.74) is -0.301. The second-order valence-electron chi connectivity index (χ2n) is 13.8. The predicted molar refractivity (Wildman–Crippen MR) is 148 cm³/mol. The van der Waals surface area contributed by atoms with Crippen LogP contribution in [0.1, 0.15) is 78.6 Å². The summed E-state index contributed by atoms with van der Waals surface area (Å²) in [6.45, 7) is 5.41. The Morgan fingerprint density at radius 1 is 1.07 bits per heavy atom. The van der Waals surface area contributed by atoms with Gasteiger partial charge < -0.3 is 30.8 Å². The third-order valence-corrected chi connectivity index (χ3v) is 12.9. The van der Waals surface area contributed by atoms with Gasteiger partial charge in [0.05, 0.1) is 37.3 Å². The average molecular weight is 590 g/mol. The third kappa shape index (κ3) is 6.26. The number of hydrogen-bond donors (Lipinski definition) is 6. The molecule has 0 aromatic heterocycles. The van der Waals surface area contributed by atoms with Gasteiger partial charge >= 0.3 is 0 Å². The molecule has 6 N–H and O–H groups in total. The van der Waals surface area contributed by atoms with Gasteiger partial charge in [-0.05, 0) is 97.7 Å². The molecule has 4 fully saturated rings. The van der Waals surface area contributed by atoms with Crippen molar-refractivity contribution < 1.29 is 42.9 Å². The molecule has 4 aliphatic carbocycles. The monoisotopic (exact) mass is 589 g/mol. The van der Waals surface area contributed by atoms with Crippen LogP contribution in [0.5, 0.6) is 0 Å². The molecule has 0 spiro atoms. The highest BCUT2D eigenvalue weighted by atomic mass is 32.2. The summed E-state index contributed by atoms with van der Waals surface area (Å²) in [5.74, 6) is 0.616. The molecule has 5 unspecified atom stereocenters. The maximum atomic E-state index is 12.5. The Labute approximate surface area is 239 Å². The van der Waals surface area contributed by atoms with E-state index in [1.807, 2.05) is 0 Å². The van der Waals surface area contributed by atoms with E-state index in [4.69, 9.17) is 5.11 Å². The maximum absolute atomic E-state index is 12.5. The molecule has 0 radical (unpaired) electrons. The van der Waals surface area contributed by atoms with Crippen LogP contribution in [0.3, 0.4) is 0 Å². The van der Waals surface area contributed by atoms with E-state index in [0.29, 0.717) is 12.8 Å². The van der Waals surface area contributed by atoms with Crippen molar-refractivity contribution in [1.29, 1.82) is 0 Å². The standard InChI is InChI=1S/C29H51NO9S/c1-17(4-7-26(36)30-10-11-40(37,38)39-16-20(33)15-31)21-5-6-22-27-23(14-25(35)29(21,22)3)28(2)9-8-19(32)12-18(28)13-24(27)34/h17-25,27,31-35H,4-16H2,1-3H3,(H,30,36)/t17-,18?,19-,20?,21-,22?,23?,24-,25+,27?,28+,29-/m1/s1. The van der Waals surface area contributed by atoms with Crippen molar-refractivity contribution in [2.45, 2.75) is 103 Å². The molecule has 4 saturated carbocycles. The third-order valence-electron chi connectivity index (χ3n) is 11.7. The molecule has 0 saturated heterocycles. The van der Waals surface area contributed by atoms with E-state index in [1.165, 1.54) is 0 Å². The second-order valence-corrected chi connectivity index (χ2v) is 15.5. The van der Waals surface area contributed by atoms with Gasteiger partial charge in [-0.2, -0.15) is 8.42 Å². The van der Waals surface area contributed by atoms with Crippen LogP contribution in [0.15, 0.2) is 0 Å². The SMILES string of the molecule is C[C@H](CCC(=O)NCCS(=O)(=O)OCC(O)CO)[C@H]1CCC2C3C(C[C@H](O)[C@@]21C)[C@@]1(C)CC[C@@H](O)CC1C[C@H]3O. The number of aliphatic hydroxyl groups excluding tert-OH is 5. The number of fused-ring (bicyclic) bond motifs is 5. The molecular weight excluding hydrogens is 538 g/mol. The molecule has 4 aliphatic rings. The van der Waals surface area contributed by atoms with Crippen molar-refractivity contribution in [2.75, 3.05) is 25.5 Å². The summed E-state index contributed by atoms with van der Waals surface area (Å²) in [5, 5.41) is 54.0. The number of nitrogens with one attached hydrogen (secondary N) is 1. The summed E-state index contributed by atoms with van der Waals surface area (Å²) in [6, 6.07) is 0. The van der Waals surface area contributed by atoms with E-state index in [1.54, 1.807) is 0 Å². The zero-order valence-electron chi connectivity index (χ0n) is 24.2. The molecule has 0 aromatic rings. The Balaban J connectivity index is 1.32. The molecule has 4 rings (SSSR count). The minimum atomic E-state index is -3.93. The molecule has 40 heavy (non-hydrogen) atoms. The first-order chi connectivity index (χ1) is 18.7. The van der Waals surface area contributed by atoms with Gasteiger partial charge in [0.2, 0.25) is 5.91 Å². The first-order valence-corrected chi connectivity index (χ1v) is 16.8. The fourth-order valence-electron chi connectivity index (χ4n) is 9.39. The quantitative estimate of drug-likeness (QED) is 0.193. The number of rotatable bonds is 11. The van der Waals surface area contributed by atoms with Gasteiger partial charge in [0.15, 0.2) is 0 Å². The minimum Gasteiger partial charge on any atom is -0.394 e. The van der Waals surface area contributed by atoms with Gasteiger partial charge in [-0.3, -0.25) is 8.98 Å². The van der Waals surface area contributed by atoms with Crippen molar-refractivity contribution in [3.05, 3.63) is 0 Å². The highest BCUT2D eigenvalue weighted by Crippen LogP contribution is 2.68. The lowest BCUT2D eigenvalue weighted by molar-refractivity contribution is -0.207. The van der Waals surface area contributed by atoms with Gasteiger partial charge in [-0.1, -0.05) is 20.8 Å². The predicted octanol–water partition coefficient (Wildman–Crippen LogP) is 1.18. The zero-order chi connectivity index (χ0) is 29.5. The van der Waals surface area contributed by atoms with Crippen LogP contribution in [0, 0.1) is 46.3 Å². The summed E-state index contributed by atoms with van der Waals surface area (Å²) in [6.07, 6.45) is 4.16. The molecule has 1 amide bonds. The Morgan fingerprint density at radius 2 is 1.80 bits per heavy atom. The van der Waals surface area contributed by atoms with Gasteiger partial charge in [0.1, 0.15) is 6.10 Å². The van der Waals surface area contributed by atoms with E-state index in [2.05, 4.69) is 30.3 Å². The van der Waals surface area contributed by atoms with Crippen LogP contribution in [0.2, 0.25) is 0 Å². The molecule has 12 atom stereocenters. The molecule has 0 aliphatic heterocycles. The van der Waals surface area contributed by atoms with Gasteiger partial charge in [-0.15, -0.1) is 0 Å². The highest BCUT2D eigenvalue weighted by Gasteiger charge is 2.65. The molecule has 11 heteroatoms. The van der Waals surface area contributed by atoms with Crippen molar-refractivity contribution in [2.24, 2.45) is 46.3 Å². The lowest BCUT2D eigenvalue weighted by atomic mass is 9.43. The molecule has 0 bridgehead atoms. The van der Waals surface area contributed by atoms with Gasteiger partial charge in [-0.25, -0.2) is 0 Å². The lowest BCUT2D eigenvalue weighted by Crippen LogP contribution is -2.62. The summed E-state index contributed by atoms with van der Waals surface area (Å²) >= 11 is 0.